The first-order valence-electron chi connectivity index (χ1n) is 5.37. The van der Waals surface area contributed by atoms with E-state index in [1.54, 1.807) is 13.0 Å². The summed E-state index contributed by atoms with van der Waals surface area (Å²) in [6.07, 6.45) is 0.800. The largest absolute Gasteiger partial charge is 0.276 e. The van der Waals surface area contributed by atoms with Gasteiger partial charge < -0.3 is 0 Å². The quantitative estimate of drug-likeness (QED) is 0.467. The van der Waals surface area contributed by atoms with Crippen LogP contribution in [0.3, 0.4) is 0 Å². The van der Waals surface area contributed by atoms with Gasteiger partial charge >= 0.3 is 0 Å². The molecule has 92 valence electrons. The van der Waals surface area contributed by atoms with Crippen molar-refractivity contribution < 1.29 is 9.72 Å². The molecular weight excluding hydrogens is 242 g/mol. The fraction of sp³-hybridized carbons (Fsp3) is 0.417. The molecule has 0 fully saturated rings. The highest BCUT2D eigenvalue weighted by molar-refractivity contribution is 6.68. The minimum Gasteiger partial charge on any atom is -0.276 e. The lowest BCUT2D eigenvalue weighted by atomic mass is 9.93. The Balaban J connectivity index is 3.46. The number of nitro groups is 1. The second-order valence-electron chi connectivity index (χ2n) is 4.07. The van der Waals surface area contributed by atoms with E-state index in [-0.39, 0.29) is 17.2 Å². The molecule has 0 heterocycles. The molecule has 1 rings (SSSR count). The van der Waals surface area contributed by atoms with E-state index in [1.165, 1.54) is 6.07 Å². The number of aryl methyl sites for hydroxylation is 1. The van der Waals surface area contributed by atoms with Crippen LogP contribution in [0.15, 0.2) is 12.1 Å². The third-order valence-electron chi connectivity index (χ3n) is 2.93. The van der Waals surface area contributed by atoms with Gasteiger partial charge in [-0.2, -0.15) is 0 Å². The first-order chi connectivity index (χ1) is 7.88. The molecular formula is C12H14ClNO3. The number of rotatable bonds is 4. The van der Waals surface area contributed by atoms with Crippen LogP contribution in [0, 0.1) is 17.0 Å². The number of nitro benzene ring substituents is 1. The predicted molar refractivity (Wildman–Crippen MR) is 66.7 cm³/mol. The zero-order chi connectivity index (χ0) is 13.2. The van der Waals surface area contributed by atoms with Gasteiger partial charge in [0.25, 0.3) is 10.9 Å². The molecule has 4 nitrogen and oxygen atoms in total. The van der Waals surface area contributed by atoms with E-state index in [0.29, 0.717) is 11.1 Å². The van der Waals surface area contributed by atoms with Crippen molar-refractivity contribution >= 4 is 22.5 Å². The average Bonchev–Trinajstić information content (AvgIpc) is 2.26. The Morgan fingerprint density at radius 1 is 1.53 bits per heavy atom. The van der Waals surface area contributed by atoms with E-state index in [4.69, 9.17) is 11.6 Å². The molecule has 17 heavy (non-hydrogen) atoms. The SMILES string of the molecule is CCC(C)c1cc(C)c(C(=O)Cl)cc1[N+](=O)[O-]. The van der Waals surface area contributed by atoms with E-state index in [2.05, 4.69) is 0 Å². The van der Waals surface area contributed by atoms with Crippen molar-refractivity contribution in [3.63, 3.8) is 0 Å². The topological polar surface area (TPSA) is 60.2 Å². The number of hydrogen-bond acceptors (Lipinski definition) is 3. The molecule has 1 atom stereocenters. The van der Waals surface area contributed by atoms with Crippen molar-refractivity contribution in [3.05, 3.63) is 38.9 Å². The minimum atomic E-state index is -0.665. The molecule has 0 aliphatic carbocycles. The maximum Gasteiger partial charge on any atom is 0.273 e. The molecule has 0 spiro atoms. The molecule has 1 unspecified atom stereocenters. The molecule has 1 aromatic carbocycles. The zero-order valence-electron chi connectivity index (χ0n) is 9.99. The molecule has 0 N–H and O–H groups in total. The van der Waals surface area contributed by atoms with E-state index < -0.39 is 10.2 Å². The van der Waals surface area contributed by atoms with Crippen LogP contribution >= 0.6 is 11.6 Å². The molecule has 0 aliphatic rings. The zero-order valence-corrected chi connectivity index (χ0v) is 10.7. The van der Waals surface area contributed by atoms with Crippen molar-refractivity contribution in [2.75, 3.05) is 0 Å². The van der Waals surface area contributed by atoms with Crippen molar-refractivity contribution in [1.82, 2.24) is 0 Å². The highest BCUT2D eigenvalue weighted by Crippen LogP contribution is 2.31. The van der Waals surface area contributed by atoms with E-state index in [9.17, 15) is 14.9 Å². The second-order valence-corrected chi connectivity index (χ2v) is 4.41. The predicted octanol–water partition coefficient (Wildman–Crippen LogP) is 3.80. The molecule has 1 aromatic rings. The van der Waals surface area contributed by atoms with Crippen LogP contribution in [0.5, 0.6) is 0 Å². The maximum atomic E-state index is 11.1. The molecule has 0 radical (unpaired) electrons. The minimum absolute atomic E-state index is 0.0334. The van der Waals surface area contributed by atoms with Gasteiger partial charge in [-0.25, -0.2) is 0 Å². The average molecular weight is 256 g/mol. The van der Waals surface area contributed by atoms with Crippen LogP contribution < -0.4 is 0 Å². The van der Waals surface area contributed by atoms with Gasteiger partial charge in [0.1, 0.15) is 0 Å². The Labute approximate surface area is 105 Å². The summed E-state index contributed by atoms with van der Waals surface area (Å²) in [6.45, 7) is 5.61. The monoisotopic (exact) mass is 255 g/mol. The summed E-state index contributed by atoms with van der Waals surface area (Å²) in [4.78, 5) is 21.6. The van der Waals surface area contributed by atoms with Gasteiger partial charge in [-0.1, -0.05) is 13.8 Å². The lowest BCUT2D eigenvalue weighted by molar-refractivity contribution is -0.385. The summed E-state index contributed by atoms with van der Waals surface area (Å²) in [7, 11) is 0. The molecule has 0 aromatic heterocycles. The second kappa shape index (κ2) is 5.27. The van der Waals surface area contributed by atoms with Gasteiger partial charge in [0.15, 0.2) is 0 Å². The number of halogens is 1. The molecule has 0 saturated heterocycles. The Morgan fingerprint density at radius 3 is 2.53 bits per heavy atom. The summed E-state index contributed by atoms with van der Waals surface area (Å²) < 4.78 is 0. The standard InChI is InChI=1S/C12H14ClNO3/c1-4-7(2)9-5-8(3)10(12(13)15)6-11(9)14(16)17/h5-7H,4H2,1-3H3. The summed E-state index contributed by atoms with van der Waals surface area (Å²) in [6, 6.07) is 2.95. The Bertz CT molecular complexity index is 471. The summed E-state index contributed by atoms with van der Waals surface area (Å²) in [5.41, 5.74) is 1.49. The third-order valence-corrected chi connectivity index (χ3v) is 3.13. The fourth-order valence-corrected chi connectivity index (χ4v) is 1.91. The van der Waals surface area contributed by atoms with Crippen LogP contribution in [0.25, 0.3) is 0 Å². The molecule has 0 aliphatic heterocycles. The summed E-state index contributed by atoms with van der Waals surface area (Å²) in [5, 5.41) is 10.3. The molecule has 5 heteroatoms. The van der Waals surface area contributed by atoms with E-state index in [0.717, 1.165) is 6.42 Å². The maximum absolute atomic E-state index is 11.1. The van der Waals surface area contributed by atoms with Crippen molar-refractivity contribution in [2.45, 2.75) is 33.1 Å². The Morgan fingerprint density at radius 2 is 2.12 bits per heavy atom. The Hall–Kier alpha value is -1.42. The third kappa shape index (κ3) is 2.82. The lowest BCUT2D eigenvalue weighted by Crippen LogP contribution is -2.04. The van der Waals surface area contributed by atoms with Crippen molar-refractivity contribution in [3.8, 4) is 0 Å². The Kier molecular flexibility index (Phi) is 4.23. The smallest absolute Gasteiger partial charge is 0.273 e. The van der Waals surface area contributed by atoms with Gasteiger partial charge in [-0.05, 0) is 42.5 Å². The number of carbonyl (C=O) groups is 1. The summed E-state index contributed by atoms with van der Waals surface area (Å²) >= 11 is 5.39. The van der Waals surface area contributed by atoms with Gasteiger partial charge in [0.2, 0.25) is 0 Å². The highest BCUT2D eigenvalue weighted by atomic mass is 35.5. The lowest BCUT2D eigenvalue weighted by Gasteiger charge is -2.12. The molecule has 0 amide bonds. The number of hydrogen-bond donors (Lipinski definition) is 0. The van der Waals surface area contributed by atoms with Gasteiger partial charge in [0.05, 0.1) is 4.92 Å². The fourth-order valence-electron chi connectivity index (χ4n) is 1.70. The first-order valence-corrected chi connectivity index (χ1v) is 5.75. The number of benzene rings is 1. The van der Waals surface area contributed by atoms with Crippen LogP contribution in [0.1, 0.15) is 47.7 Å². The molecule has 0 bridgehead atoms. The molecule has 0 saturated carbocycles. The van der Waals surface area contributed by atoms with Crippen molar-refractivity contribution in [1.29, 1.82) is 0 Å². The van der Waals surface area contributed by atoms with Crippen LogP contribution in [0.4, 0.5) is 5.69 Å². The van der Waals surface area contributed by atoms with E-state index in [1.807, 2.05) is 13.8 Å². The summed E-state index contributed by atoms with van der Waals surface area (Å²) in [5.74, 6) is 0.0774. The van der Waals surface area contributed by atoms with Gasteiger partial charge in [-0.3, -0.25) is 14.9 Å². The first kappa shape index (κ1) is 13.6. The number of nitrogens with zero attached hydrogens (tertiary/aromatic N) is 1. The van der Waals surface area contributed by atoms with Gasteiger partial charge in [-0.15, -0.1) is 0 Å². The van der Waals surface area contributed by atoms with Crippen LogP contribution in [-0.4, -0.2) is 10.2 Å². The van der Waals surface area contributed by atoms with Gasteiger partial charge in [0, 0.05) is 17.2 Å². The van der Waals surface area contributed by atoms with Crippen molar-refractivity contribution in [2.24, 2.45) is 0 Å². The number of carbonyl (C=O) groups excluding carboxylic acids is 1. The van der Waals surface area contributed by atoms with Crippen LogP contribution in [-0.2, 0) is 0 Å². The van der Waals surface area contributed by atoms with E-state index >= 15 is 0 Å². The highest BCUT2D eigenvalue weighted by Gasteiger charge is 2.22. The van der Waals surface area contributed by atoms with Crippen LogP contribution in [0.2, 0.25) is 0 Å². The normalized spacial score (nSPS) is 12.2.